The minimum absolute atomic E-state index is 0.249. The second-order valence-corrected chi connectivity index (χ2v) is 3.39. The summed E-state index contributed by atoms with van der Waals surface area (Å²) >= 11 is 0. The Morgan fingerprint density at radius 1 is 1.73 bits per heavy atom. The van der Waals surface area contributed by atoms with Gasteiger partial charge >= 0.3 is 11.9 Å². The number of nitrogens with zero attached hydrogens (tertiary/aromatic N) is 1. The summed E-state index contributed by atoms with van der Waals surface area (Å²) in [6.07, 6.45) is 0.544. The van der Waals surface area contributed by atoms with Crippen LogP contribution in [-0.4, -0.2) is 36.2 Å². The van der Waals surface area contributed by atoms with Crippen LogP contribution in [0.5, 0.6) is 0 Å². The highest BCUT2D eigenvalue weighted by Crippen LogP contribution is 2.13. The molecule has 0 bridgehead atoms. The third-order valence-corrected chi connectivity index (χ3v) is 2.11. The molecule has 0 amide bonds. The second kappa shape index (κ2) is 4.93. The quantitative estimate of drug-likeness (QED) is 0.509. The third-order valence-electron chi connectivity index (χ3n) is 2.11. The zero-order valence-electron chi connectivity index (χ0n) is 8.99. The molecule has 1 rings (SSSR count). The Balaban J connectivity index is 2.62. The van der Waals surface area contributed by atoms with Gasteiger partial charge < -0.3 is 9.57 Å². The Morgan fingerprint density at radius 2 is 2.40 bits per heavy atom. The van der Waals surface area contributed by atoms with Crippen LogP contribution in [0.2, 0.25) is 0 Å². The van der Waals surface area contributed by atoms with Crippen LogP contribution in [0, 0.1) is 0 Å². The highest BCUT2D eigenvalue weighted by Gasteiger charge is 2.32. The lowest BCUT2D eigenvalue weighted by Gasteiger charge is -2.31. The van der Waals surface area contributed by atoms with E-state index in [1.54, 1.807) is 6.92 Å². The number of hydrogen-bond acceptors (Lipinski definition) is 5. The monoisotopic (exact) mass is 213 g/mol. The summed E-state index contributed by atoms with van der Waals surface area (Å²) in [6.45, 7) is 7.52. The number of hydroxylamine groups is 2. The Kier molecular flexibility index (Phi) is 3.85. The summed E-state index contributed by atoms with van der Waals surface area (Å²) in [6, 6.07) is -0.498. The van der Waals surface area contributed by atoms with Crippen molar-refractivity contribution in [2.45, 2.75) is 26.3 Å². The smallest absolute Gasteiger partial charge is 0.352 e. The fourth-order valence-electron chi connectivity index (χ4n) is 1.27. The summed E-state index contributed by atoms with van der Waals surface area (Å²) in [5.74, 6) is -0.860. The molecule has 5 nitrogen and oxygen atoms in total. The van der Waals surface area contributed by atoms with Crippen molar-refractivity contribution >= 4 is 11.9 Å². The Labute approximate surface area is 88.6 Å². The van der Waals surface area contributed by atoms with Gasteiger partial charge in [0.1, 0.15) is 12.6 Å². The fourth-order valence-corrected chi connectivity index (χ4v) is 1.27. The van der Waals surface area contributed by atoms with Gasteiger partial charge in [-0.15, -0.1) is 5.06 Å². The van der Waals surface area contributed by atoms with Crippen LogP contribution in [0.4, 0.5) is 0 Å². The zero-order valence-corrected chi connectivity index (χ0v) is 8.99. The molecule has 1 heterocycles. The maximum Gasteiger partial charge on any atom is 0.352 e. The van der Waals surface area contributed by atoms with E-state index in [0.29, 0.717) is 18.5 Å². The molecule has 5 heteroatoms. The number of hydrogen-bond donors (Lipinski definition) is 0. The molecule has 0 saturated carbocycles. The molecule has 0 N–H and O–H groups in total. The van der Waals surface area contributed by atoms with Gasteiger partial charge in [0.2, 0.25) is 0 Å². The van der Waals surface area contributed by atoms with E-state index in [4.69, 9.17) is 9.57 Å². The minimum Gasteiger partial charge on any atom is -0.463 e. The summed E-state index contributed by atoms with van der Waals surface area (Å²) in [5, 5.41) is 1.36. The van der Waals surface area contributed by atoms with Gasteiger partial charge in [-0.2, -0.15) is 0 Å². The van der Waals surface area contributed by atoms with Crippen molar-refractivity contribution in [2.75, 3.05) is 13.2 Å². The number of morpholine rings is 1. The maximum atomic E-state index is 11.3. The van der Waals surface area contributed by atoms with Crippen molar-refractivity contribution < 1.29 is 19.2 Å². The predicted molar refractivity (Wildman–Crippen MR) is 52.7 cm³/mol. The lowest BCUT2D eigenvalue weighted by atomic mass is 10.2. The van der Waals surface area contributed by atoms with Gasteiger partial charge in [-0.3, -0.25) is 4.79 Å². The molecular formula is C10H15NO4. The van der Waals surface area contributed by atoms with E-state index < -0.39 is 12.0 Å². The molecule has 84 valence electrons. The van der Waals surface area contributed by atoms with E-state index in [-0.39, 0.29) is 12.6 Å². The van der Waals surface area contributed by atoms with Crippen molar-refractivity contribution in [1.29, 1.82) is 0 Å². The molecule has 1 atom stereocenters. The third kappa shape index (κ3) is 2.79. The molecule has 0 radical (unpaired) electrons. The molecule has 0 aromatic heterocycles. The summed E-state index contributed by atoms with van der Waals surface area (Å²) in [5.41, 5.74) is 0.309. The first-order valence-corrected chi connectivity index (χ1v) is 4.87. The van der Waals surface area contributed by atoms with Crippen LogP contribution in [0.15, 0.2) is 12.2 Å². The highest BCUT2D eigenvalue weighted by molar-refractivity contribution is 5.87. The molecule has 0 aromatic carbocycles. The first-order valence-electron chi connectivity index (χ1n) is 4.87. The number of esters is 1. The molecule has 1 aliphatic rings. The molecule has 1 unspecified atom stereocenters. The van der Waals surface area contributed by atoms with E-state index in [1.165, 1.54) is 5.06 Å². The number of rotatable bonds is 3. The van der Waals surface area contributed by atoms with Crippen molar-refractivity contribution in [3.8, 4) is 0 Å². The van der Waals surface area contributed by atoms with Crippen molar-refractivity contribution in [2.24, 2.45) is 0 Å². The van der Waals surface area contributed by atoms with E-state index in [1.807, 2.05) is 6.92 Å². The van der Waals surface area contributed by atoms with Gasteiger partial charge in [-0.1, -0.05) is 13.5 Å². The molecule has 1 fully saturated rings. The van der Waals surface area contributed by atoms with Crippen LogP contribution >= 0.6 is 0 Å². The van der Waals surface area contributed by atoms with Gasteiger partial charge in [0.15, 0.2) is 0 Å². The molecule has 0 aromatic rings. The van der Waals surface area contributed by atoms with Crippen LogP contribution in [0.25, 0.3) is 0 Å². The van der Waals surface area contributed by atoms with Crippen LogP contribution < -0.4 is 0 Å². The topological polar surface area (TPSA) is 55.8 Å². The van der Waals surface area contributed by atoms with Crippen molar-refractivity contribution in [3.05, 3.63) is 12.2 Å². The van der Waals surface area contributed by atoms with Gasteiger partial charge in [0, 0.05) is 5.57 Å². The average Bonchev–Trinajstić information content (AvgIpc) is 2.18. The van der Waals surface area contributed by atoms with Crippen molar-refractivity contribution in [1.82, 2.24) is 5.06 Å². The predicted octanol–water partition coefficient (Wildman–Crippen LogP) is 0.658. The van der Waals surface area contributed by atoms with E-state index in [9.17, 15) is 9.59 Å². The summed E-state index contributed by atoms with van der Waals surface area (Å²) < 4.78 is 4.86. The first kappa shape index (κ1) is 11.7. The van der Waals surface area contributed by atoms with Gasteiger partial charge in [0.05, 0.1) is 6.54 Å². The van der Waals surface area contributed by atoms with E-state index >= 15 is 0 Å². The number of cyclic esters (lactones) is 1. The summed E-state index contributed by atoms with van der Waals surface area (Å²) in [4.78, 5) is 27.6. The molecule has 1 saturated heterocycles. The van der Waals surface area contributed by atoms with Crippen molar-refractivity contribution in [3.63, 3.8) is 0 Å². The van der Waals surface area contributed by atoms with Gasteiger partial charge in [-0.05, 0) is 13.3 Å². The maximum absolute atomic E-state index is 11.3. The molecule has 1 aliphatic heterocycles. The summed E-state index contributed by atoms with van der Waals surface area (Å²) in [7, 11) is 0. The normalized spacial score (nSPS) is 22.0. The second-order valence-electron chi connectivity index (χ2n) is 3.39. The number of carbonyl (C=O) groups is 2. The zero-order chi connectivity index (χ0) is 11.4. The van der Waals surface area contributed by atoms with Crippen LogP contribution in [0.1, 0.15) is 20.3 Å². The Morgan fingerprint density at radius 3 is 2.93 bits per heavy atom. The Bertz CT molecular complexity index is 287. The standard InChI is InChI=1S/C10H15NO4/c1-4-8-10(13)14-6-5-11(8)15-9(12)7(2)3/h8H,2,4-6H2,1,3H3. The lowest BCUT2D eigenvalue weighted by molar-refractivity contribution is -0.219. The Hall–Kier alpha value is -1.36. The molecule has 15 heavy (non-hydrogen) atoms. The van der Waals surface area contributed by atoms with Gasteiger partial charge in [0.25, 0.3) is 0 Å². The molecule has 0 aliphatic carbocycles. The SMILES string of the molecule is C=C(C)C(=O)ON1CCOC(=O)C1CC. The molecule has 0 spiro atoms. The lowest BCUT2D eigenvalue weighted by Crippen LogP contribution is -2.49. The number of ether oxygens (including phenoxy) is 1. The average molecular weight is 213 g/mol. The highest BCUT2D eigenvalue weighted by atomic mass is 16.7. The van der Waals surface area contributed by atoms with Gasteiger partial charge in [-0.25, -0.2) is 4.79 Å². The number of carbonyl (C=O) groups excluding carboxylic acids is 2. The van der Waals surface area contributed by atoms with Crippen LogP contribution in [-0.2, 0) is 19.2 Å². The first-order chi connectivity index (χ1) is 7.06. The van der Waals surface area contributed by atoms with Crippen LogP contribution in [0.3, 0.4) is 0 Å². The van der Waals surface area contributed by atoms with E-state index in [0.717, 1.165) is 0 Å². The fraction of sp³-hybridized carbons (Fsp3) is 0.600. The largest absolute Gasteiger partial charge is 0.463 e. The van der Waals surface area contributed by atoms with E-state index in [2.05, 4.69) is 6.58 Å². The molecular weight excluding hydrogens is 198 g/mol. The minimum atomic E-state index is -0.511.